The van der Waals surface area contributed by atoms with E-state index in [4.69, 9.17) is 0 Å². The number of rotatable bonds is 7. The molecule has 0 unspecified atom stereocenters. The number of fused-ring (bicyclic) bond motifs is 6. The van der Waals surface area contributed by atoms with Gasteiger partial charge >= 0.3 is 0 Å². The molecule has 0 atom stereocenters. The van der Waals surface area contributed by atoms with Gasteiger partial charge in [0.15, 0.2) is 0 Å². The Balaban J connectivity index is 1.02. The Hall–Kier alpha value is -8.78. The first-order valence-electron chi connectivity index (χ1n) is 23.2. The van der Waals surface area contributed by atoms with Crippen LogP contribution in [0.2, 0.25) is 0 Å². The van der Waals surface area contributed by atoms with Gasteiger partial charge in [-0.15, -0.1) is 0 Å². The summed E-state index contributed by atoms with van der Waals surface area (Å²) in [5.74, 6) is 0. The molecule has 0 aliphatic heterocycles. The average Bonchev–Trinajstić information content (AvgIpc) is 3.40. The zero-order valence-electron chi connectivity index (χ0n) is 36.8. The molecule has 0 amide bonds. The highest BCUT2D eigenvalue weighted by Crippen LogP contribution is 2.50. The second kappa shape index (κ2) is 16.0. The van der Waals surface area contributed by atoms with Crippen LogP contribution in [0.25, 0.3) is 109 Å². The minimum Gasteiger partial charge on any atom is -0.309 e. The van der Waals surface area contributed by atoms with E-state index in [1.807, 2.05) is 0 Å². The number of hydrogen-bond donors (Lipinski definition) is 0. The van der Waals surface area contributed by atoms with Crippen LogP contribution < -0.4 is 4.90 Å². The average molecular weight is 850 g/mol. The van der Waals surface area contributed by atoms with Gasteiger partial charge in [-0.05, 0) is 129 Å². The van der Waals surface area contributed by atoms with Crippen molar-refractivity contribution in [1.82, 2.24) is 0 Å². The Labute approximate surface area is 390 Å². The van der Waals surface area contributed by atoms with Crippen LogP contribution in [0.1, 0.15) is 0 Å². The Morgan fingerprint density at radius 1 is 0.194 bits per heavy atom. The van der Waals surface area contributed by atoms with Crippen LogP contribution in [0.5, 0.6) is 0 Å². The zero-order chi connectivity index (χ0) is 44.3. The van der Waals surface area contributed by atoms with Crippen molar-refractivity contribution in [2.45, 2.75) is 0 Å². The molecule has 13 aromatic rings. The zero-order valence-corrected chi connectivity index (χ0v) is 36.8. The van der Waals surface area contributed by atoms with Crippen molar-refractivity contribution in [1.29, 1.82) is 0 Å². The van der Waals surface area contributed by atoms with E-state index in [2.05, 4.69) is 266 Å². The maximum Gasteiger partial charge on any atom is 0.0618 e. The van der Waals surface area contributed by atoms with Crippen molar-refractivity contribution in [3.8, 4) is 44.5 Å². The fourth-order valence-corrected chi connectivity index (χ4v) is 10.7. The summed E-state index contributed by atoms with van der Waals surface area (Å²) in [5.41, 5.74) is 13.2. The molecule has 0 radical (unpaired) electrons. The molecule has 1 heteroatoms. The van der Waals surface area contributed by atoms with Gasteiger partial charge in [0.25, 0.3) is 0 Å². The molecule has 67 heavy (non-hydrogen) atoms. The molecule has 0 aliphatic carbocycles. The number of benzene rings is 13. The second-order valence-corrected chi connectivity index (χ2v) is 17.6. The van der Waals surface area contributed by atoms with Crippen molar-refractivity contribution in [2.75, 3.05) is 4.90 Å². The van der Waals surface area contributed by atoms with Gasteiger partial charge < -0.3 is 4.90 Å². The summed E-state index contributed by atoms with van der Waals surface area (Å²) in [7, 11) is 0. The molecule has 0 aromatic heterocycles. The quantitative estimate of drug-likeness (QED) is 0.144. The Kier molecular flexibility index (Phi) is 9.25. The van der Waals surface area contributed by atoms with Crippen LogP contribution in [0.4, 0.5) is 17.1 Å². The third-order valence-corrected chi connectivity index (χ3v) is 13.8. The smallest absolute Gasteiger partial charge is 0.0618 e. The van der Waals surface area contributed by atoms with Crippen LogP contribution in [0, 0.1) is 0 Å². The molecule has 0 aliphatic rings. The molecule has 0 heterocycles. The largest absolute Gasteiger partial charge is 0.309 e. The lowest BCUT2D eigenvalue weighted by Gasteiger charge is -2.30. The molecule has 0 saturated carbocycles. The fraction of sp³-hybridized carbons (Fsp3) is 0. The van der Waals surface area contributed by atoms with Crippen molar-refractivity contribution in [2.24, 2.45) is 0 Å². The van der Waals surface area contributed by atoms with Gasteiger partial charge in [0.1, 0.15) is 0 Å². The topological polar surface area (TPSA) is 3.24 Å². The summed E-state index contributed by atoms with van der Waals surface area (Å²) in [4.78, 5) is 2.48. The minimum atomic E-state index is 1.12. The third-order valence-electron chi connectivity index (χ3n) is 13.8. The van der Waals surface area contributed by atoms with E-state index in [-0.39, 0.29) is 0 Å². The molecule has 0 spiro atoms. The predicted molar refractivity (Wildman–Crippen MR) is 288 cm³/mol. The lowest BCUT2D eigenvalue weighted by molar-refractivity contribution is 1.32. The van der Waals surface area contributed by atoms with Crippen LogP contribution >= 0.6 is 0 Å². The molecular weight excluding hydrogens is 807 g/mol. The standard InChI is InChI=1S/C66H43N/c1-3-17-44(18-4-1)52-37-40-59-62(43-52)65(47-21-5-2-6-22-47)56-26-12-11-25-55(56)63(59)48-31-33-49(34-32-48)64-57-27-13-15-29-60(57)66(61-30-16-14-28-58(61)64)67(53-38-35-45-19-7-9-23-50(45)41-53)54-39-36-46-20-8-10-24-51(46)42-54/h1-43H. The predicted octanol–water partition coefficient (Wildman–Crippen LogP) is 18.7. The summed E-state index contributed by atoms with van der Waals surface area (Å²) >= 11 is 0. The van der Waals surface area contributed by atoms with E-state index in [1.54, 1.807) is 0 Å². The molecule has 0 saturated heterocycles. The Morgan fingerprint density at radius 2 is 0.537 bits per heavy atom. The highest BCUT2D eigenvalue weighted by molar-refractivity contribution is 6.24. The third kappa shape index (κ3) is 6.55. The van der Waals surface area contributed by atoms with E-state index in [0.717, 1.165) is 11.4 Å². The lowest BCUT2D eigenvalue weighted by atomic mass is 9.84. The second-order valence-electron chi connectivity index (χ2n) is 17.6. The molecule has 0 fully saturated rings. The normalized spacial score (nSPS) is 11.6. The van der Waals surface area contributed by atoms with E-state index in [0.29, 0.717) is 0 Å². The van der Waals surface area contributed by atoms with Gasteiger partial charge in [-0.1, -0.05) is 231 Å². The monoisotopic (exact) mass is 849 g/mol. The molecule has 13 rings (SSSR count). The Morgan fingerprint density at radius 3 is 1.03 bits per heavy atom. The highest BCUT2D eigenvalue weighted by atomic mass is 15.1. The molecular formula is C66H43N. The van der Waals surface area contributed by atoms with Gasteiger partial charge in [0.05, 0.1) is 5.69 Å². The van der Waals surface area contributed by atoms with E-state index in [9.17, 15) is 0 Å². The first-order valence-corrected chi connectivity index (χ1v) is 23.2. The van der Waals surface area contributed by atoms with Crippen LogP contribution in [0.3, 0.4) is 0 Å². The molecule has 0 bridgehead atoms. The minimum absolute atomic E-state index is 1.12. The van der Waals surface area contributed by atoms with Gasteiger partial charge in [-0.2, -0.15) is 0 Å². The van der Waals surface area contributed by atoms with Crippen molar-refractivity contribution in [3.63, 3.8) is 0 Å². The fourth-order valence-electron chi connectivity index (χ4n) is 10.7. The summed E-state index contributed by atoms with van der Waals surface area (Å²) in [5, 5.41) is 14.7. The number of nitrogens with zero attached hydrogens (tertiary/aromatic N) is 1. The van der Waals surface area contributed by atoms with E-state index in [1.165, 1.54) is 115 Å². The van der Waals surface area contributed by atoms with Gasteiger partial charge in [-0.3, -0.25) is 0 Å². The van der Waals surface area contributed by atoms with Crippen LogP contribution in [-0.4, -0.2) is 0 Å². The van der Waals surface area contributed by atoms with E-state index >= 15 is 0 Å². The van der Waals surface area contributed by atoms with Crippen LogP contribution in [0.15, 0.2) is 261 Å². The summed E-state index contributed by atoms with van der Waals surface area (Å²) in [6.07, 6.45) is 0. The molecule has 1 nitrogen and oxygen atoms in total. The van der Waals surface area contributed by atoms with Crippen molar-refractivity contribution >= 4 is 81.7 Å². The maximum atomic E-state index is 2.48. The molecule has 0 N–H and O–H groups in total. The SMILES string of the molecule is c1ccc(-c2ccc3c(-c4ccc(-c5c6ccccc6c(N(c6ccc7ccccc7c6)c6ccc7ccccc7c6)c6ccccc56)cc4)c4ccccc4c(-c4ccccc4)c3c2)cc1. The highest BCUT2D eigenvalue weighted by Gasteiger charge is 2.23. The maximum absolute atomic E-state index is 2.48. The van der Waals surface area contributed by atoms with Crippen LogP contribution in [-0.2, 0) is 0 Å². The van der Waals surface area contributed by atoms with Gasteiger partial charge in [-0.25, -0.2) is 0 Å². The Bertz CT molecular complexity index is 3880. The molecule has 312 valence electrons. The lowest BCUT2D eigenvalue weighted by Crippen LogP contribution is -2.11. The van der Waals surface area contributed by atoms with Gasteiger partial charge in [0.2, 0.25) is 0 Å². The number of anilines is 3. The molecule has 13 aromatic carbocycles. The summed E-state index contributed by atoms with van der Waals surface area (Å²) < 4.78 is 0. The van der Waals surface area contributed by atoms with Crippen molar-refractivity contribution < 1.29 is 0 Å². The van der Waals surface area contributed by atoms with E-state index < -0.39 is 0 Å². The first-order chi connectivity index (χ1) is 33.2. The number of hydrogen-bond acceptors (Lipinski definition) is 1. The summed E-state index contributed by atoms with van der Waals surface area (Å²) in [6.45, 7) is 0. The summed E-state index contributed by atoms with van der Waals surface area (Å²) in [6, 6.07) is 96.0. The van der Waals surface area contributed by atoms with Gasteiger partial charge in [0, 0.05) is 22.1 Å². The first kappa shape index (κ1) is 38.7. The van der Waals surface area contributed by atoms with Crippen molar-refractivity contribution in [3.05, 3.63) is 261 Å².